The van der Waals surface area contributed by atoms with E-state index in [1.165, 1.54) is 12.1 Å². The number of carbonyl (C=O) groups excluding carboxylic acids is 1. The van der Waals surface area contributed by atoms with Crippen LogP contribution in [0.25, 0.3) is 10.1 Å². The lowest BCUT2D eigenvalue weighted by Gasteiger charge is -2.03. The number of halogens is 1. The first kappa shape index (κ1) is 12.8. The van der Waals surface area contributed by atoms with Gasteiger partial charge in [-0.05, 0) is 43.0 Å². The van der Waals surface area contributed by atoms with Crippen molar-refractivity contribution in [3.8, 4) is 0 Å². The molecule has 0 radical (unpaired) electrons. The molecule has 0 bridgehead atoms. The number of fused-ring (bicyclic) bond motifs is 1. The first-order valence-corrected chi connectivity index (χ1v) is 6.59. The summed E-state index contributed by atoms with van der Waals surface area (Å²) < 4.78 is 18.8. The van der Waals surface area contributed by atoms with Gasteiger partial charge in [-0.1, -0.05) is 0 Å². The average molecular weight is 267 g/mol. The number of hydrogen-bond acceptors (Lipinski definition) is 3. The maximum atomic E-state index is 13.0. The Kier molecular flexibility index (Phi) is 4.15. The maximum Gasteiger partial charge on any atom is 0.407 e. The lowest BCUT2D eigenvalue weighted by atomic mass is 10.2. The van der Waals surface area contributed by atoms with Crippen molar-refractivity contribution in [1.82, 2.24) is 5.32 Å². The highest BCUT2D eigenvalue weighted by Crippen LogP contribution is 2.26. The SMILES string of the molecule is CCOC(=O)NCCc1cc2cc(F)ccc2s1. The number of benzene rings is 1. The number of rotatable bonds is 4. The molecule has 5 heteroatoms. The van der Waals surface area contributed by atoms with Crippen molar-refractivity contribution in [3.05, 3.63) is 35.0 Å². The van der Waals surface area contributed by atoms with E-state index in [9.17, 15) is 9.18 Å². The van der Waals surface area contributed by atoms with E-state index in [1.54, 1.807) is 24.3 Å². The molecule has 96 valence electrons. The second kappa shape index (κ2) is 5.82. The summed E-state index contributed by atoms with van der Waals surface area (Å²) in [5.41, 5.74) is 0. The Labute approximate surface area is 109 Å². The molecule has 18 heavy (non-hydrogen) atoms. The number of alkyl carbamates (subject to hydrolysis) is 1. The third-order valence-electron chi connectivity index (χ3n) is 2.45. The van der Waals surface area contributed by atoms with Crippen LogP contribution in [0, 0.1) is 5.82 Å². The number of nitrogens with one attached hydrogen (secondary N) is 1. The van der Waals surface area contributed by atoms with Crippen LogP contribution in [0.4, 0.5) is 9.18 Å². The van der Waals surface area contributed by atoms with Gasteiger partial charge in [-0.2, -0.15) is 0 Å². The summed E-state index contributed by atoms with van der Waals surface area (Å²) in [5, 5.41) is 3.57. The maximum absolute atomic E-state index is 13.0. The Morgan fingerprint density at radius 3 is 3.06 bits per heavy atom. The van der Waals surface area contributed by atoms with Gasteiger partial charge < -0.3 is 10.1 Å². The standard InChI is InChI=1S/C13H14FNO2S/c1-2-17-13(16)15-6-5-11-8-9-7-10(14)3-4-12(9)18-11/h3-4,7-8H,2,5-6H2,1H3,(H,15,16). The first-order valence-electron chi connectivity index (χ1n) is 5.77. The Balaban J connectivity index is 1.94. The molecule has 1 heterocycles. The van der Waals surface area contributed by atoms with Crippen molar-refractivity contribution >= 4 is 27.5 Å². The fourth-order valence-electron chi connectivity index (χ4n) is 1.66. The van der Waals surface area contributed by atoms with Crippen LogP contribution in [-0.4, -0.2) is 19.2 Å². The Hall–Kier alpha value is -1.62. The molecule has 3 nitrogen and oxygen atoms in total. The molecular formula is C13H14FNO2S. The molecular weight excluding hydrogens is 253 g/mol. The minimum Gasteiger partial charge on any atom is -0.450 e. The molecule has 0 saturated carbocycles. The van der Waals surface area contributed by atoms with E-state index >= 15 is 0 Å². The summed E-state index contributed by atoms with van der Waals surface area (Å²) in [7, 11) is 0. The predicted molar refractivity (Wildman–Crippen MR) is 70.5 cm³/mol. The Morgan fingerprint density at radius 1 is 1.44 bits per heavy atom. The van der Waals surface area contributed by atoms with Crippen LogP contribution in [0.3, 0.4) is 0 Å². The highest BCUT2D eigenvalue weighted by atomic mass is 32.1. The normalized spacial score (nSPS) is 10.6. The lowest BCUT2D eigenvalue weighted by molar-refractivity contribution is 0.152. The third kappa shape index (κ3) is 3.20. The van der Waals surface area contributed by atoms with Crippen molar-refractivity contribution in [2.45, 2.75) is 13.3 Å². The molecule has 2 aromatic rings. The van der Waals surface area contributed by atoms with Gasteiger partial charge in [0.25, 0.3) is 0 Å². The van der Waals surface area contributed by atoms with E-state index in [1.807, 2.05) is 6.07 Å². The molecule has 0 atom stereocenters. The number of amides is 1. The van der Waals surface area contributed by atoms with E-state index in [4.69, 9.17) is 4.74 Å². The average Bonchev–Trinajstić information content (AvgIpc) is 2.71. The molecule has 1 aromatic heterocycles. The highest BCUT2D eigenvalue weighted by molar-refractivity contribution is 7.19. The van der Waals surface area contributed by atoms with Crippen molar-refractivity contribution in [2.75, 3.05) is 13.2 Å². The van der Waals surface area contributed by atoms with Crippen LogP contribution in [0.5, 0.6) is 0 Å². The van der Waals surface area contributed by atoms with Crippen LogP contribution in [0.15, 0.2) is 24.3 Å². The van der Waals surface area contributed by atoms with Gasteiger partial charge in [-0.25, -0.2) is 9.18 Å². The van der Waals surface area contributed by atoms with Crippen molar-refractivity contribution in [3.63, 3.8) is 0 Å². The van der Waals surface area contributed by atoms with Crippen LogP contribution in [0.2, 0.25) is 0 Å². The molecule has 0 aliphatic rings. The molecule has 0 unspecified atom stereocenters. The summed E-state index contributed by atoms with van der Waals surface area (Å²) in [6, 6.07) is 6.71. The van der Waals surface area contributed by atoms with E-state index < -0.39 is 6.09 Å². The fraction of sp³-hybridized carbons (Fsp3) is 0.308. The molecule has 1 amide bonds. The first-order chi connectivity index (χ1) is 8.69. The molecule has 1 aromatic carbocycles. The van der Waals surface area contributed by atoms with E-state index in [2.05, 4.69) is 5.32 Å². The van der Waals surface area contributed by atoms with Gasteiger partial charge in [0.2, 0.25) is 0 Å². The molecule has 0 fully saturated rings. The van der Waals surface area contributed by atoms with Crippen LogP contribution >= 0.6 is 11.3 Å². The van der Waals surface area contributed by atoms with E-state index in [-0.39, 0.29) is 5.82 Å². The number of carbonyl (C=O) groups is 1. The summed E-state index contributed by atoms with van der Waals surface area (Å²) in [6.07, 6.45) is 0.324. The summed E-state index contributed by atoms with van der Waals surface area (Å²) in [5.74, 6) is -0.225. The molecule has 0 spiro atoms. The van der Waals surface area contributed by atoms with Crippen molar-refractivity contribution in [2.24, 2.45) is 0 Å². The van der Waals surface area contributed by atoms with E-state index in [0.29, 0.717) is 13.2 Å². The zero-order valence-electron chi connectivity index (χ0n) is 10.0. The molecule has 0 aliphatic heterocycles. The molecule has 0 saturated heterocycles. The highest BCUT2D eigenvalue weighted by Gasteiger charge is 2.04. The fourth-order valence-corrected chi connectivity index (χ4v) is 2.71. The number of hydrogen-bond donors (Lipinski definition) is 1. The summed E-state index contributed by atoms with van der Waals surface area (Å²) >= 11 is 1.61. The minimum absolute atomic E-state index is 0.225. The quantitative estimate of drug-likeness (QED) is 0.922. The molecule has 1 N–H and O–H groups in total. The number of ether oxygens (including phenoxy) is 1. The lowest BCUT2D eigenvalue weighted by Crippen LogP contribution is -2.26. The van der Waals surface area contributed by atoms with Gasteiger partial charge in [0.05, 0.1) is 6.61 Å². The van der Waals surface area contributed by atoms with Gasteiger partial charge in [0.15, 0.2) is 0 Å². The zero-order chi connectivity index (χ0) is 13.0. The predicted octanol–water partition coefficient (Wildman–Crippen LogP) is 3.33. The van der Waals surface area contributed by atoms with Crippen LogP contribution < -0.4 is 5.32 Å². The summed E-state index contributed by atoms with van der Waals surface area (Å²) in [4.78, 5) is 12.2. The Bertz CT molecular complexity index is 553. The van der Waals surface area contributed by atoms with Crippen LogP contribution in [0.1, 0.15) is 11.8 Å². The van der Waals surface area contributed by atoms with Gasteiger partial charge >= 0.3 is 6.09 Å². The molecule has 2 rings (SSSR count). The van der Waals surface area contributed by atoms with Gasteiger partial charge in [0, 0.05) is 16.1 Å². The van der Waals surface area contributed by atoms with Gasteiger partial charge in [-0.15, -0.1) is 11.3 Å². The topological polar surface area (TPSA) is 38.3 Å². The van der Waals surface area contributed by atoms with E-state index in [0.717, 1.165) is 21.4 Å². The van der Waals surface area contributed by atoms with Gasteiger partial charge in [-0.3, -0.25) is 0 Å². The zero-order valence-corrected chi connectivity index (χ0v) is 10.8. The van der Waals surface area contributed by atoms with Crippen LogP contribution in [-0.2, 0) is 11.2 Å². The molecule has 0 aliphatic carbocycles. The van der Waals surface area contributed by atoms with Crippen molar-refractivity contribution in [1.29, 1.82) is 0 Å². The monoisotopic (exact) mass is 267 g/mol. The number of thiophene rings is 1. The Morgan fingerprint density at radius 2 is 2.28 bits per heavy atom. The largest absolute Gasteiger partial charge is 0.450 e. The summed E-state index contributed by atoms with van der Waals surface area (Å²) in [6.45, 7) is 2.66. The van der Waals surface area contributed by atoms with Crippen molar-refractivity contribution < 1.29 is 13.9 Å². The smallest absolute Gasteiger partial charge is 0.407 e. The minimum atomic E-state index is -0.398. The van der Waals surface area contributed by atoms with Gasteiger partial charge in [0.1, 0.15) is 5.82 Å². The third-order valence-corrected chi connectivity index (χ3v) is 3.62. The second-order valence-electron chi connectivity index (χ2n) is 3.79. The second-order valence-corrected chi connectivity index (χ2v) is 4.96.